The monoisotopic (exact) mass is 342 g/mol. The number of hydrogen-bond acceptors (Lipinski definition) is 0. The predicted molar refractivity (Wildman–Crippen MR) is 113 cm³/mol. The van der Waals surface area contributed by atoms with E-state index in [0.717, 1.165) is 6.42 Å². The van der Waals surface area contributed by atoms with Crippen molar-refractivity contribution in [2.24, 2.45) is 0 Å². The summed E-state index contributed by atoms with van der Waals surface area (Å²) in [7, 11) is 0. The minimum absolute atomic E-state index is 0.00692. The molecule has 0 unspecified atom stereocenters. The maximum Gasteiger partial charge on any atom is 0.0268 e. The molecular formula is C26H30. The van der Waals surface area contributed by atoms with Crippen LogP contribution in [-0.4, -0.2) is 0 Å². The van der Waals surface area contributed by atoms with Gasteiger partial charge in [0.25, 0.3) is 0 Å². The Kier molecular flexibility index (Phi) is 5.61. The molecular weight excluding hydrogens is 312 g/mol. The molecule has 0 saturated carbocycles. The number of rotatable bonds is 7. The van der Waals surface area contributed by atoms with Gasteiger partial charge in [0.15, 0.2) is 0 Å². The van der Waals surface area contributed by atoms with Crippen molar-refractivity contribution in [3.8, 4) is 0 Å². The Morgan fingerprint density at radius 1 is 0.577 bits per heavy atom. The first-order valence-corrected chi connectivity index (χ1v) is 9.79. The van der Waals surface area contributed by atoms with E-state index in [9.17, 15) is 0 Å². The van der Waals surface area contributed by atoms with E-state index in [1.165, 1.54) is 29.5 Å². The highest BCUT2D eigenvalue weighted by Gasteiger charge is 2.47. The molecule has 134 valence electrons. The summed E-state index contributed by atoms with van der Waals surface area (Å²) in [6.45, 7) is 7.17. The molecule has 0 heterocycles. The van der Waals surface area contributed by atoms with Gasteiger partial charge in [-0.15, -0.1) is 0 Å². The first-order valence-electron chi connectivity index (χ1n) is 9.79. The third-order valence-corrected chi connectivity index (χ3v) is 6.25. The first kappa shape index (κ1) is 18.5. The van der Waals surface area contributed by atoms with Gasteiger partial charge in [0, 0.05) is 10.8 Å². The Hall–Kier alpha value is -2.34. The Morgan fingerprint density at radius 2 is 0.962 bits per heavy atom. The lowest BCUT2D eigenvalue weighted by Crippen LogP contribution is -2.46. The minimum Gasteiger partial charge on any atom is -0.0654 e. The van der Waals surface area contributed by atoms with E-state index >= 15 is 0 Å². The van der Waals surface area contributed by atoms with Crippen molar-refractivity contribution in [3.05, 3.63) is 108 Å². The van der Waals surface area contributed by atoms with Crippen LogP contribution in [0.15, 0.2) is 91.0 Å². The third kappa shape index (κ3) is 3.21. The molecule has 0 amide bonds. The van der Waals surface area contributed by atoms with Gasteiger partial charge in [0.2, 0.25) is 0 Å². The lowest BCUT2D eigenvalue weighted by atomic mass is 9.54. The van der Waals surface area contributed by atoms with Crippen LogP contribution in [0.4, 0.5) is 0 Å². The molecule has 26 heavy (non-hydrogen) atoms. The normalized spacial score (nSPS) is 14.0. The summed E-state index contributed by atoms with van der Waals surface area (Å²) in [5, 5.41) is 0. The Bertz CT molecular complexity index is 750. The van der Waals surface area contributed by atoms with Crippen LogP contribution in [0.5, 0.6) is 0 Å². The second kappa shape index (κ2) is 7.91. The summed E-state index contributed by atoms with van der Waals surface area (Å²) in [4.78, 5) is 0. The molecule has 1 atom stereocenters. The second-order valence-electron chi connectivity index (χ2n) is 7.66. The van der Waals surface area contributed by atoms with Gasteiger partial charge in [0.05, 0.1) is 0 Å². The fourth-order valence-corrected chi connectivity index (χ4v) is 4.37. The van der Waals surface area contributed by atoms with Gasteiger partial charge in [-0.2, -0.15) is 0 Å². The van der Waals surface area contributed by atoms with Crippen LogP contribution < -0.4 is 0 Å². The van der Waals surface area contributed by atoms with Gasteiger partial charge in [-0.3, -0.25) is 0 Å². The molecule has 0 heteroatoms. The van der Waals surface area contributed by atoms with Gasteiger partial charge in [-0.25, -0.2) is 0 Å². The Morgan fingerprint density at radius 3 is 1.35 bits per heavy atom. The van der Waals surface area contributed by atoms with Crippen LogP contribution in [0.2, 0.25) is 0 Å². The molecule has 0 aliphatic heterocycles. The lowest BCUT2D eigenvalue weighted by molar-refractivity contribution is 0.273. The zero-order chi connectivity index (χ0) is 18.5. The van der Waals surface area contributed by atoms with E-state index < -0.39 is 0 Å². The molecule has 3 rings (SSSR count). The third-order valence-electron chi connectivity index (χ3n) is 6.25. The molecule has 0 saturated heterocycles. The highest BCUT2D eigenvalue weighted by Crippen LogP contribution is 2.51. The zero-order valence-corrected chi connectivity index (χ0v) is 16.3. The number of benzene rings is 3. The molecule has 0 aliphatic rings. The average molecular weight is 343 g/mol. The Balaban J connectivity index is 2.27. The summed E-state index contributed by atoms with van der Waals surface area (Å²) in [6, 6.07) is 33.1. The lowest BCUT2D eigenvalue weighted by Gasteiger charge is -2.48. The topological polar surface area (TPSA) is 0 Å². The largest absolute Gasteiger partial charge is 0.0654 e. The number of unbranched alkanes of at least 4 members (excludes halogenated alkanes) is 1. The summed E-state index contributed by atoms with van der Waals surface area (Å²) >= 11 is 0. The van der Waals surface area contributed by atoms with Crippen molar-refractivity contribution in [1.82, 2.24) is 0 Å². The smallest absolute Gasteiger partial charge is 0.0268 e. The molecule has 0 spiro atoms. The Labute approximate surface area is 158 Å². The average Bonchev–Trinajstić information content (AvgIpc) is 2.73. The van der Waals surface area contributed by atoms with E-state index in [1.54, 1.807) is 0 Å². The van der Waals surface area contributed by atoms with Gasteiger partial charge >= 0.3 is 0 Å². The van der Waals surface area contributed by atoms with Crippen LogP contribution in [0.25, 0.3) is 0 Å². The van der Waals surface area contributed by atoms with Crippen LogP contribution >= 0.6 is 0 Å². The molecule has 0 bridgehead atoms. The van der Waals surface area contributed by atoms with Crippen molar-refractivity contribution in [2.45, 2.75) is 50.9 Å². The number of hydrogen-bond donors (Lipinski definition) is 0. The summed E-state index contributed by atoms with van der Waals surface area (Å²) < 4.78 is 0. The van der Waals surface area contributed by atoms with Crippen LogP contribution in [0, 0.1) is 0 Å². The van der Waals surface area contributed by atoms with Crippen molar-refractivity contribution >= 4 is 0 Å². The standard InChI is InChI=1S/C26H30/c1-4-5-21-25(2,22-15-9-6-10-16-22)26(3,23-17-11-7-12-18-23)24-19-13-8-14-20-24/h6-20H,4-5,21H2,1-3H3/t25-/m1/s1. The molecule has 0 radical (unpaired) electrons. The van der Waals surface area contributed by atoms with Crippen LogP contribution in [0.3, 0.4) is 0 Å². The van der Waals surface area contributed by atoms with Gasteiger partial charge in [-0.1, -0.05) is 125 Å². The molecule has 0 N–H and O–H groups in total. The first-order chi connectivity index (χ1) is 12.6. The second-order valence-corrected chi connectivity index (χ2v) is 7.66. The molecule has 3 aromatic rings. The van der Waals surface area contributed by atoms with Crippen LogP contribution in [-0.2, 0) is 10.8 Å². The predicted octanol–water partition coefficient (Wildman–Crippen LogP) is 7.14. The summed E-state index contributed by atoms with van der Waals surface area (Å²) in [6.07, 6.45) is 3.59. The highest BCUT2D eigenvalue weighted by atomic mass is 14.5. The van der Waals surface area contributed by atoms with E-state index in [4.69, 9.17) is 0 Å². The van der Waals surface area contributed by atoms with E-state index in [1.807, 2.05) is 0 Å². The fourth-order valence-electron chi connectivity index (χ4n) is 4.37. The minimum atomic E-state index is -0.105. The van der Waals surface area contributed by atoms with E-state index in [0.29, 0.717) is 0 Å². The molecule has 3 aromatic carbocycles. The van der Waals surface area contributed by atoms with Crippen molar-refractivity contribution in [2.75, 3.05) is 0 Å². The molecule has 0 fully saturated rings. The highest BCUT2D eigenvalue weighted by molar-refractivity contribution is 5.47. The molecule has 0 aliphatic carbocycles. The zero-order valence-electron chi connectivity index (χ0n) is 16.3. The molecule has 0 aromatic heterocycles. The summed E-state index contributed by atoms with van der Waals surface area (Å²) in [5.74, 6) is 0. The SMILES string of the molecule is CCCC[C@](C)(c1ccccc1)C(C)(c1ccccc1)c1ccccc1. The van der Waals surface area contributed by atoms with Gasteiger partial charge in [0.1, 0.15) is 0 Å². The summed E-state index contributed by atoms with van der Waals surface area (Å²) in [5.41, 5.74) is 4.09. The van der Waals surface area contributed by atoms with Gasteiger partial charge in [-0.05, 0) is 23.1 Å². The van der Waals surface area contributed by atoms with E-state index in [-0.39, 0.29) is 10.8 Å². The van der Waals surface area contributed by atoms with Crippen molar-refractivity contribution in [1.29, 1.82) is 0 Å². The van der Waals surface area contributed by atoms with E-state index in [2.05, 4.69) is 112 Å². The fraction of sp³-hybridized carbons (Fsp3) is 0.308. The van der Waals surface area contributed by atoms with Crippen molar-refractivity contribution < 1.29 is 0 Å². The van der Waals surface area contributed by atoms with Gasteiger partial charge < -0.3 is 0 Å². The van der Waals surface area contributed by atoms with Crippen LogP contribution in [0.1, 0.15) is 56.7 Å². The van der Waals surface area contributed by atoms with Crippen molar-refractivity contribution in [3.63, 3.8) is 0 Å². The maximum atomic E-state index is 2.46. The molecule has 0 nitrogen and oxygen atoms in total. The maximum absolute atomic E-state index is 2.46. The quantitative estimate of drug-likeness (QED) is 0.428.